The molecular formula is C29H34N2O5S. The number of ether oxygens (including phenoxy) is 2. The van der Waals surface area contributed by atoms with Crippen LogP contribution in [0.5, 0.6) is 0 Å². The predicted octanol–water partition coefficient (Wildman–Crippen LogP) is 4.89. The zero-order valence-electron chi connectivity index (χ0n) is 21.2. The normalized spacial score (nSPS) is 22.1. The fraction of sp³-hybridized carbons (Fsp3) is 0.310. The number of nitrogens with one attached hydrogen (secondary N) is 1. The van der Waals surface area contributed by atoms with Crippen molar-refractivity contribution in [3.8, 4) is 0 Å². The van der Waals surface area contributed by atoms with E-state index >= 15 is 0 Å². The monoisotopic (exact) mass is 522 g/mol. The second kappa shape index (κ2) is 12.0. The van der Waals surface area contributed by atoms with Crippen LogP contribution in [0.1, 0.15) is 36.0 Å². The lowest BCUT2D eigenvalue weighted by molar-refractivity contribution is -0.275. The van der Waals surface area contributed by atoms with Crippen molar-refractivity contribution in [2.24, 2.45) is 5.92 Å². The molecule has 4 rings (SSSR count). The number of nitrogens with zero attached hydrogens (tertiary/aromatic N) is 1. The summed E-state index contributed by atoms with van der Waals surface area (Å²) < 4.78 is 40.9. The molecule has 4 atom stereocenters. The Labute approximate surface area is 219 Å². The van der Waals surface area contributed by atoms with Gasteiger partial charge in [-0.15, -0.1) is 6.58 Å². The lowest BCUT2D eigenvalue weighted by Crippen LogP contribution is -2.43. The first kappa shape index (κ1) is 27.0. The predicted molar refractivity (Wildman–Crippen MR) is 144 cm³/mol. The summed E-state index contributed by atoms with van der Waals surface area (Å²) in [5, 5.41) is 9.42. The molecule has 0 radical (unpaired) electrons. The summed E-state index contributed by atoms with van der Waals surface area (Å²) in [6.07, 6.45) is 0.912. The van der Waals surface area contributed by atoms with E-state index in [-0.39, 0.29) is 29.6 Å². The van der Waals surface area contributed by atoms with Gasteiger partial charge in [0.25, 0.3) is 10.0 Å². The second-order valence-corrected chi connectivity index (χ2v) is 11.1. The molecule has 0 aliphatic carbocycles. The summed E-state index contributed by atoms with van der Waals surface area (Å²) in [4.78, 5) is 2.36. The first-order chi connectivity index (χ1) is 17.8. The van der Waals surface area contributed by atoms with Gasteiger partial charge in [0.15, 0.2) is 6.29 Å². The summed E-state index contributed by atoms with van der Waals surface area (Å²) in [6, 6.07) is 23.1. The first-order valence-corrected chi connectivity index (χ1v) is 13.8. The molecule has 0 saturated carbocycles. The van der Waals surface area contributed by atoms with Crippen LogP contribution in [0.2, 0.25) is 0 Å². The van der Waals surface area contributed by atoms with E-state index in [0.29, 0.717) is 12.2 Å². The Hall–Kier alpha value is -3.01. The third kappa shape index (κ3) is 6.66. The molecule has 0 amide bonds. The van der Waals surface area contributed by atoms with Crippen LogP contribution >= 0.6 is 0 Å². The number of benzene rings is 3. The second-order valence-electron chi connectivity index (χ2n) is 9.37. The van der Waals surface area contributed by atoms with Gasteiger partial charge in [-0.1, -0.05) is 67.6 Å². The number of likely N-dealkylation sites (N-methyl/N-ethyl adjacent to an activating group) is 1. The minimum Gasteiger partial charge on any atom is -0.392 e. The summed E-state index contributed by atoms with van der Waals surface area (Å²) in [5.74, 6) is 0.0699. The molecule has 3 aromatic carbocycles. The number of sulfonamides is 1. The lowest BCUT2D eigenvalue weighted by atomic mass is 9.90. The highest BCUT2D eigenvalue weighted by molar-refractivity contribution is 7.92. The van der Waals surface area contributed by atoms with Crippen molar-refractivity contribution in [2.75, 3.05) is 24.9 Å². The van der Waals surface area contributed by atoms with Crippen LogP contribution in [-0.4, -0.2) is 44.7 Å². The van der Waals surface area contributed by atoms with Crippen LogP contribution in [0.25, 0.3) is 0 Å². The number of hydrogen-bond acceptors (Lipinski definition) is 6. The standard InChI is InChI=1S/C29H34N2O5S/c1-4-18-31(3)19-27-21(2)28(23-12-10-22(20-32)11-13-23)36-29(35-27)24-14-16-25(17-15-24)30-37(33,34)26-8-6-5-7-9-26/h4-17,21,27-30,32H,1,18-20H2,2-3H3/t21-,27+,28+,29+/m0/s1. The van der Waals surface area contributed by atoms with Crippen molar-refractivity contribution in [2.45, 2.75) is 36.9 Å². The van der Waals surface area contributed by atoms with E-state index in [0.717, 1.165) is 23.2 Å². The molecule has 0 unspecified atom stereocenters. The van der Waals surface area contributed by atoms with E-state index in [1.807, 2.05) is 49.5 Å². The average Bonchev–Trinajstić information content (AvgIpc) is 2.91. The summed E-state index contributed by atoms with van der Waals surface area (Å²) in [6.45, 7) is 7.38. The zero-order chi connectivity index (χ0) is 26.4. The molecule has 37 heavy (non-hydrogen) atoms. The molecule has 8 heteroatoms. The third-order valence-corrected chi connectivity index (χ3v) is 7.94. The zero-order valence-corrected chi connectivity index (χ0v) is 22.0. The minimum absolute atomic E-state index is 0.0115. The fourth-order valence-corrected chi connectivity index (χ4v) is 5.53. The molecule has 1 aliphatic rings. The SMILES string of the molecule is C=CCN(C)C[C@H]1O[C@@H](c2ccc(NS(=O)(=O)c3ccccc3)cc2)O[C@@H](c2ccc(CO)cc2)[C@H]1C. The van der Waals surface area contributed by atoms with Gasteiger partial charge in [-0.05, 0) is 42.4 Å². The van der Waals surface area contributed by atoms with Gasteiger partial charge in [0.05, 0.1) is 23.7 Å². The van der Waals surface area contributed by atoms with E-state index in [4.69, 9.17) is 9.47 Å². The van der Waals surface area contributed by atoms with E-state index in [1.54, 1.807) is 42.5 Å². The summed E-state index contributed by atoms with van der Waals surface area (Å²) >= 11 is 0. The van der Waals surface area contributed by atoms with Crippen molar-refractivity contribution in [3.05, 3.63) is 108 Å². The van der Waals surface area contributed by atoms with Crippen LogP contribution in [0, 0.1) is 5.92 Å². The van der Waals surface area contributed by atoms with Crippen LogP contribution in [0.3, 0.4) is 0 Å². The number of rotatable bonds is 10. The maximum absolute atomic E-state index is 12.7. The van der Waals surface area contributed by atoms with Crippen molar-refractivity contribution >= 4 is 15.7 Å². The highest BCUT2D eigenvalue weighted by Crippen LogP contribution is 2.42. The smallest absolute Gasteiger partial charge is 0.261 e. The van der Waals surface area contributed by atoms with Gasteiger partial charge in [0.1, 0.15) is 0 Å². The van der Waals surface area contributed by atoms with E-state index in [1.165, 1.54) is 0 Å². The molecule has 2 N–H and O–H groups in total. The van der Waals surface area contributed by atoms with E-state index in [2.05, 4.69) is 23.1 Å². The van der Waals surface area contributed by atoms with Gasteiger partial charge in [-0.2, -0.15) is 0 Å². The van der Waals surface area contributed by atoms with Crippen LogP contribution in [0.15, 0.2) is 96.4 Å². The molecule has 7 nitrogen and oxygen atoms in total. The Balaban J connectivity index is 1.56. The molecule has 196 valence electrons. The maximum atomic E-state index is 12.7. The third-order valence-electron chi connectivity index (χ3n) is 6.54. The van der Waals surface area contributed by atoms with Gasteiger partial charge in [0, 0.05) is 30.3 Å². The maximum Gasteiger partial charge on any atom is 0.261 e. The molecule has 1 fully saturated rings. The van der Waals surface area contributed by atoms with Crippen LogP contribution in [0.4, 0.5) is 5.69 Å². The Morgan fingerprint density at radius 2 is 1.62 bits per heavy atom. The highest BCUT2D eigenvalue weighted by Gasteiger charge is 2.38. The molecular weight excluding hydrogens is 488 g/mol. The Kier molecular flexibility index (Phi) is 8.79. The van der Waals surface area contributed by atoms with Crippen molar-refractivity contribution in [1.82, 2.24) is 4.90 Å². The van der Waals surface area contributed by atoms with Gasteiger partial charge >= 0.3 is 0 Å². The molecule has 1 aliphatic heterocycles. The molecule has 3 aromatic rings. The largest absolute Gasteiger partial charge is 0.392 e. The first-order valence-electron chi connectivity index (χ1n) is 12.3. The average molecular weight is 523 g/mol. The van der Waals surface area contributed by atoms with Gasteiger partial charge in [-0.25, -0.2) is 8.42 Å². The van der Waals surface area contributed by atoms with Gasteiger partial charge < -0.3 is 19.5 Å². The summed E-state index contributed by atoms with van der Waals surface area (Å²) in [7, 11) is -1.65. The Morgan fingerprint density at radius 3 is 2.24 bits per heavy atom. The number of aliphatic hydroxyl groups excluding tert-OH is 1. The van der Waals surface area contributed by atoms with Gasteiger partial charge in [0.2, 0.25) is 0 Å². The van der Waals surface area contributed by atoms with E-state index in [9.17, 15) is 13.5 Å². The Morgan fingerprint density at radius 1 is 0.973 bits per heavy atom. The van der Waals surface area contributed by atoms with Crippen LogP contribution < -0.4 is 4.72 Å². The molecule has 1 heterocycles. The van der Waals surface area contributed by atoms with Crippen LogP contribution in [-0.2, 0) is 26.1 Å². The van der Waals surface area contributed by atoms with E-state index < -0.39 is 16.3 Å². The molecule has 0 aromatic heterocycles. The fourth-order valence-electron chi connectivity index (χ4n) is 4.45. The topological polar surface area (TPSA) is 88.1 Å². The number of hydrogen-bond donors (Lipinski definition) is 2. The highest BCUT2D eigenvalue weighted by atomic mass is 32.2. The number of anilines is 1. The molecule has 0 bridgehead atoms. The Bertz CT molecular complexity index is 1260. The van der Waals surface area contributed by atoms with Gasteiger partial charge in [-0.3, -0.25) is 4.72 Å². The quantitative estimate of drug-likeness (QED) is 0.369. The lowest BCUT2D eigenvalue weighted by Gasteiger charge is -2.42. The number of aliphatic hydroxyl groups is 1. The summed E-state index contributed by atoms with van der Waals surface area (Å²) in [5.41, 5.74) is 3.11. The van der Waals surface area contributed by atoms with Crippen molar-refractivity contribution in [3.63, 3.8) is 0 Å². The minimum atomic E-state index is -3.68. The molecule has 1 saturated heterocycles. The van der Waals surface area contributed by atoms with Crippen molar-refractivity contribution < 1.29 is 23.0 Å². The molecule has 0 spiro atoms. The van der Waals surface area contributed by atoms with Crippen molar-refractivity contribution in [1.29, 1.82) is 0 Å².